The van der Waals surface area contributed by atoms with Gasteiger partial charge in [0.25, 0.3) is 5.91 Å². The Morgan fingerprint density at radius 1 is 1.39 bits per heavy atom. The Balaban J connectivity index is 1.72. The molecule has 1 aliphatic heterocycles. The van der Waals surface area contributed by atoms with E-state index < -0.39 is 0 Å². The zero-order valence-electron chi connectivity index (χ0n) is 10.4. The zero-order valence-corrected chi connectivity index (χ0v) is 10.4. The lowest BCUT2D eigenvalue weighted by Gasteiger charge is -2.22. The maximum Gasteiger partial charge on any atom is 0.251 e. The molecular weight excluding hydrogens is 231 g/mol. The van der Waals surface area contributed by atoms with Crippen molar-refractivity contribution in [2.24, 2.45) is 5.92 Å². The number of amides is 1. The smallest absolute Gasteiger partial charge is 0.251 e. The standard InChI is InChI=1S/C14H19FN2O/c15-13-5-3-12(4-6-13)14(18)17-9-7-11-2-1-8-16-10-11/h3-6,11,16H,1-2,7-10H2,(H,17,18). The molecule has 0 saturated carbocycles. The van der Waals surface area contributed by atoms with Crippen LogP contribution in [0.2, 0.25) is 0 Å². The van der Waals surface area contributed by atoms with E-state index in [1.54, 1.807) is 0 Å². The fourth-order valence-corrected chi connectivity index (χ4v) is 2.26. The fraction of sp³-hybridized carbons (Fsp3) is 0.500. The summed E-state index contributed by atoms with van der Waals surface area (Å²) in [7, 11) is 0. The van der Waals surface area contributed by atoms with Gasteiger partial charge in [0.05, 0.1) is 0 Å². The lowest BCUT2D eigenvalue weighted by molar-refractivity contribution is 0.0950. The first-order chi connectivity index (χ1) is 8.75. The minimum Gasteiger partial charge on any atom is -0.352 e. The van der Waals surface area contributed by atoms with Gasteiger partial charge in [-0.3, -0.25) is 4.79 Å². The minimum atomic E-state index is -0.320. The van der Waals surface area contributed by atoms with E-state index in [2.05, 4.69) is 10.6 Å². The quantitative estimate of drug-likeness (QED) is 0.857. The number of hydrogen-bond donors (Lipinski definition) is 2. The van der Waals surface area contributed by atoms with E-state index in [0.717, 1.165) is 19.5 Å². The molecule has 18 heavy (non-hydrogen) atoms. The zero-order chi connectivity index (χ0) is 12.8. The molecule has 1 heterocycles. The van der Waals surface area contributed by atoms with Crippen molar-refractivity contribution < 1.29 is 9.18 Å². The molecule has 4 heteroatoms. The average molecular weight is 250 g/mol. The summed E-state index contributed by atoms with van der Waals surface area (Å²) in [4.78, 5) is 11.7. The largest absolute Gasteiger partial charge is 0.352 e. The van der Waals surface area contributed by atoms with Crippen LogP contribution < -0.4 is 10.6 Å². The van der Waals surface area contributed by atoms with Crippen molar-refractivity contribution >= 4 is 5.91 Å². The summed E-state index contributed by atoms with van der Waals surface area (Å²) in [5.74, 6) is 0.214. The molecule has 0 spiro atoms. The summed E-state index contributed by atoms with van der Waals surface area (Å²) in [6.07, 6.45) is 3.45. The van der Waals surface area contributed by atoms with Crippen molar-refractivity contribution in [3.8, 4) is 0 Å². The van der Waals surface area contributed by atoms with Crippen LogP contribution in [-0.4, -0.2) is 25.5 Å². The summed E-state index contributed by atoms with van der Waals surface area (Å²) in [6, 6.07) is 5.62. The van der Waals surface area contributed by atoms with Gasteiger partial charge in [0.15, 0.2) is 0 Å². The molecule has 0 bridgehead atoms. The average Bonchev–Trinajstić information content (AvgIpc) is 2.40. The molecule has 1 fully saturated rings. The SMILES string of the molecule is O=C(NCCC1CCCNC1)c1ccc(F)cc1. The maximum atomic E-state index is 12.7. The van der Waals surface area contributed by atoms with Crippen molar-refractivity contribution in [3.05, 3.63) is 35.6 Å². The van der Waals surface area contributed by atoms with Crippen LogP contribution >= 0.6 is 0 Å². The Hall–Kier alpha value is -1.42. The maximum absolute atomic E-state index is 12.7. The first-order valence-corrected chi connectivity index (χ1v) is 6.50. The third kappa shape index (κ3) is 3.81. The first-order valence-electron chi connectivity index (χ1n) is 6.50. The van der Waals surface area contributed by atoms with Crippen LogP contribution in [0.25, 0.3) is 0 Å². The van der Waals surface area contributed by atoms with Gasteiger partial charge in [-0.15, -0.1) is 0 Å². The van der Waals surface area contributed by atoms with E-state index in [1.165, 1.54) is 37.1 Å². The van der Waals surface area contributed by atoms with Gasteiger partial charge in [-0.1, -0.05) is 0 Å². The Kier molecular flexibility index (Phi) is 4.70. The molecule has 1 aromatic rings. The first kappa shape index (κ1) is 13.0. The topological polar surface area (TPSA) is 41.1 Å². The van der Waals surface area contributed by atoms with Crippen molar-refractivity contribution in [1.82, 2.24) is 10.6 Å². The summed E-state index contributed by atoms with van der Waals surface area (Å²) in [5, 5.41) is 6.23. The molecule has 2 N–H and O–H groups in total. The molecule has 0 aliphatic carbocycles. The number of rotatable bonds is 4. The van der Waals surface area contributed by atoms with Gasteiger partial charge in [-0.05, 0) is 62.5 Å². The van der Waals surface area contributed by atoms with E-state index >= 15 is 0 Å². The van der Waals surface area contributed by atoms with Crippen LogP contribution in [0.15, 0.2) is 24.3 Å². The van der Waals surface area contributed by atoms with Gasteiger partial charge in [-0.2, -0.15) is 0 Å². The molecular formula is C14H19FN2O. The van der Waals surface area contributed by atoms with Crippen molar-refractivity contribution in [2.45, 2.75) is 19.3 Å². The number of nitrogens with one attached hydrogen (secondary N) is 2. The van der Waals surface area contributed by atoms with E-state index in [-0.39, 0.29) is 11.7 Å². The number of benzene rings is 1. The highest BCUT2D eigenvalue weighted by atomic mass is 19.1. The summed E-state index contributed by atoms with van der Waals surface area (Å²) in [6.45, 7) is 2.84. The van der Waals surface area contributed by atoms with Crippen molar-refractivity contribution in [2.75, 3.05) is 19.6 Å². The van der Waals surface area contributed by atoms with E-state index in [4.69, 9.17) is 0 Å². The van der Waals surface area contributed by atoms with E-state index in [1.807, 2.05) is 0 Å². The molecule has 98 valence electrons. The van der Waals surface area contributed by atoms with Gasteiger partial charge >= 0.3 is 0 Å². The van der Waals surface area contributed by atoms with Gasteiger partial charge in [-0.25, -0.2) is 4.39 Å². The van der Waals surface area contributed by atoms with Crippen LogP contribution in [0.4, 0.5) is 4.39 Å². The summed E-state index contributed by atoms with van der Waals surface area (Å²) in [5.41, 5.74) is 0.512. The third-order valence-corrected chi connectivity index (χ3v) is 3.34. The summed E-state index contributed by atoms with van der Waals surface area (Å²) < 4.78 is 12.7. The second-order valence-corrected chi connectivity index (χ2v) is 4.76. The van der Waals surface area contributed by atoms with Crippen LogP contribution in [0, 0.1) is 11.7 Å². The molecule has 1 unspecified atom stereocenters. The number of piperidine rings is 1. The number of hydrogen-bond acceptors (Lipinski definition) is 2. The van der Waals surface area contributed by atoms with E-state index in [0.29, 0.717) is 18.0 Å². The monoisotopic (exact) mass is 250 g/mol. The molecule has 0 radical (unpaired) electrons. The Morgan fingerprint density at radius 2 is 2.17 bits per heavy atom. The van der Waals surface area contributed by atoms with Crippen LogP contribution in [-0.2, 0) is 0 Å². The summed E-state index contributed by atoms with van der Waals surface area (Å²) >= 11 is 0. The highest BCUT2D eigenvalue weighted by Gasteiger charge is 2.13. The second kappa shape index (κ2) is 6.50. The molecule has 3 nitrogen and oxygen atoms in total. The third-order valence-electron chi connectivity index (χ3n) is 3.34. The Bertz CT molecular complexity index is 385. The second-order valence-electron chi connectivity index (χ2n) is 4.76. The van der Waals surface area contributed by atoms with Gasteiger partial charge in [0.1, 0.15) is 5.82 Å². The van der Waals surface area contributed by atoms with Gasteiger partial charge in [0.2, 0.25) is 0 Å². The molecule has 1 aromatic carbocycles. The molecule has 1 atom stereocenters. The van der Waals surface area contributed by atoms with Gasteiger partial charge < -0.3 is 10.6 Å². The van der Waals surface area contributed by atoms with Gasteiger partial charge in [0, 0.05) is 12.1 Å². The predicted molar refractivity (Wildman–Crippen MR) is 68.9 cm³/mol. The highest BCUT2D eigenvalue weighted by Crippen LogP contribution is 2.13. The normalized spacial score (nSPS) is 19.5. The van der Waals surface area contributed by atoms with Crippen LogP contribution in [0.5, 0.6) is 0 Å². The lowest BCUT2D eigenvalue weighted by atomic mass is 9.96. The molecule has 1 aliphatic rings. The lowest BCUT2D eigenvalue weighted by Crippen LogP contribution is -2.33. The Morgan fingerprint density at radius 3 is 2.83 bits per heavy atom. The molecule has 2 rings (SSSR count). The molecule has 1 amide bonds. The highest BCUT2D eigenvalue weighted by molar-refractivity contribution is 5.94. The van der Waals surface area contributed by atoms with E-state index in [9.17, 15) is 9.18 Å². The molecule has 0 aromatic heterocycles. The van der Waals surface area contributed by atoms with Crippen LogP contribution in [0.3, 0.4) is 0 Å². The fourth-order valence-electron chi connectivity index (χ4n) is 2.26. The number of carbonyl (C=O) groups is 1. The van der Waals surface area contributed by atoms with Crippen molar-refractivity contribution in [3.63, 3.8) is 0 Å². The minimum absolute atomic E-state index is 0.126. The number of carbonyl (C=O) groups excluding carboxylic acids is 1. The van der Waals surface area contributed by atoms with Crippen molar-refractivity contribution in [1.29, 1.82) is 0 Å². The Labute approximate surface area is 107 Å². The molecule has 1 saturated heterocycles. The number of halogens is 1. The van der Waals surface area contributed by atoms with Crippen LogP contribution in [0.1, 0.15) is 29.6 Å². The predicted octanol–water partition coefficient (Wildman–Crippen LogP) is 1.95.